The van der Waals surface area contributed by atoms with Crippen molar-refractivity contribution in [2.24, 2.45) is 0 Å². The van der Waals surface area contributed by atoms with Crippen molar-refractivity contribution in [3.8, 4) is 10.7 Å². The Labute approximate surface area is 141 Å². The van der Waals surface area contributed by atoms with Crippen LogP contribution in [0, 0.1) is 0 Å². The summed E-state index contributed by atoms with van der Waals surface area (Å²) >= 11 is 2.80. The molecule has 3 rings (SSSR count). The number of aliphatic carboxylic acids is 1. The van der Waals surface area contributed by atoms with E-state index in [2.05, 4.69) is 15.5 Å². The Bertz CT molecular complexity index is 695. The highest BCUT2D eigenvalue weighted by molar-refractivity contribution is 7.99. The maximum absolute atomic E-state index is 11.8. The number of thiophene rings is 1. The second-order valence-corrected chi connectivity index (χ2v) is 7.10. The van der Waals surface area contributed by atoms with Crippen LogP contribution in [-0.4, -0.2) is 43.5 Å². The Morgan fingerprint density at radius 3 is 2.91 bits per heavy atom. The lowest BCUT2D eigenvalue weighted by molar-refractivity contribution is -0.137. The van der Waals surface area contributed by atoms with Crippen molar-refractivity contribution in [1.82, 2.24) is 20.1 Å². The molecule has 7 nitrogen and oxygen atoms in total. The largest absolute Gasteiger partial charge is 0.481 e. The molecule has 0 atom stereocenters. The lowest BCUT2D eigenvalue weighted by Gasteiger charge is -2.08. The summed E-state index contributed by atoms with van der Waals surface area (Å²) in [6, 6.07) is 4.15. The number of aromatic nitrogens is 3. The first-order valence-electron chi connectivity index (χ1n) is 7.24. The van der Waals surface area contributed by atoms with Gasteiger partial charge in [0.05, 0.1) is 17.1 Å². The van der Waals surface area contributed by atoms with Gasteiger partial charge >= 0.3 is 5.97 Å². The number of carbonyl (C=O) groups excluding carboxylic acids is 1. The molecule has 0 saturated heterocycles. The van der Waals surface area contributed by atoms with E-state index in [1.165, 1.54) is 23.1 Å². The molecule has 0 bridgehead atoms. The lowest BCUT2D eigenvalue weighted by Crippen LogP contribution is -2.27. The molecule has 1 aliphatic carbocycles. The maximum atomic E-state index is 11.8. The van der Waals surface area contributed by atoms with Gasteiger partial charge in [-0.05, 0) is 24.3 Å². The van der Waals surface area contributed by atoms with Gasteiger partial charge in [0.2, 0.25) is 5.91 Å². The fourth-order valence-electron chi connectivity index (χ4n) is 2.02. The molecular formula is C14H16N4O3S2. The highest BCUT2D eigenvalue weighted by Gasteiger charge is 2.24. The van der Waals surface area contributed by atoms with E-state index in [9.17, 15) is 9.59 Å². The molecule has 23 heavy (non-hydrogen) atoms. The third-order valence-electron chi connectivity index (χ3n) is 3.28. The summed E-state index contributed by atoms with van der Waals surface area (Å²) in [7, 11) is 0. The molecular weight excluding hydrogens is 336 g/mol. The van der Waals surface area contributed by atoms with Gasteiger partial charge in [-0.3, -0.25) is 9.59 Å². The predicted octanol–water partition coefficient (Wildman–Crippen LogP) is 1.85. The molecule has 1 amide bonds. The molecule has 0 spiro atoms. The summed E-state index contributed by atoms with van der Waals surface area (Å²) in [6.45, 7) is 0.280. The lowest BCUT2D eigenvalue weighted by atomic mass is 10.4. The number of carbonyl (C=O) groups is 2. The standard InChI is InChI=1S/C14H16N4O3S2/c19-11(15-9-3-4-9)8-23-14-17-16-13(10-2-1-7-22-10)18(14)6-5-12(20)21/h1-2,7,9H,3-6,8H2,(H,15,19)(H,20,21). The van der Waals surface area contributed by atoms with Gasteiger partial charge in [-0.25, -0.2) is 0 Å². The smallest absolute Gasteiger partial charge is 0.305 e. The molecule has 9 heteroatoms. The van der Waals surface area contributed by atoms with Crippen molar-refractivity contribution >= 4 is 35.0 Å². The second-order valence-electron chi connectivity index (χ2n) is 5.21. The summed E-state index contributed by atoms with van der Waals surface area (Å²) < 4.78 is 1.77. The molecule has 0 aromatic carbocycles. The van der Waals surface area contributed by atoms with Gasteiger partial charge in [-0.1, -0.05) is 17.8 Å². The van der Waals surface area contributed by atoms with Gasteiger partial charge in [0.25, 0.3) is 0 Å². The van der Waals surface area contributed by atoms with Crippen LogP contribution in [-0.2, 0) is 16.1 Å². The summed E-state index contributed by atoms with van der Waals surface area (Å²) in [5.74, 6) is -0.000788. The molecule has 122 valence electrons. The Hall–Kier alpha value is -1.87. The average Bonchev–Trinajstić information content (AvgIpc) is 3.03. The van der Waals surface area contributed by atoms with Crippen molar-refractivity contribution in [2.75, 3.05) is 5.75 Å². The zero-order valence-corrected chi connectivity index (χ0v) is 13.9. The Balaban J connectivity index is 1.72. The molecule has 2 N–H and O–H groups in total. The first-order valence-corrected chi connectivity index (χ1v) is 9.11. The highest BCUT2D eigenvalue weighted by Crippen LogP contribution is 2.27. The Morgan fingerprint density at radius 1 is 1.43 bits per heavy atom. The molecule has 0 aliphatic heterocycles. The molecule has 1 saturated carbocycles. The fourth-order valence-corrected chi connectivity index (χ4v) is 3.51. The molecule has 2 heterocycles. The monoisotopic (exact) mass is 352 g/mol. The number of amides is 1. The predicted molar refractivity (Wildman–Crippen MR) is 87.5 cm³/mol. The van der Waals surface area contributed by atoms with E-state index < -0.39 is 5.97 Å². The normalized spacial score (nSPS) is 13.9. The first-order chi connectivity index (χ1) is 11.1. The van der Waals surface area contributed by atoms with Gasteiger partial charge in [-0.15, -0.1) is 21.5 Å². The Morgan fingerprint density at radius 2 is 2.26 bits per heavy atom. The molecule has 2 aromatic heterocycles. The van der Waals surface area contributed by atoms with Crippen molar-refractivity contribution in [3.05, 3.63) is 17.5 Å². The number of hydrogen-bond acceptors (Lipinski definition) is 6. The van der Waals surface area contributed by atoms with E-state index in [1.54, 1.807) is 4.57 Å². The third kappa shape index (κ3) is 4.32. The van der Waals surface area contributed by atoms with Crippen LogP contribution in [0.25, 0.3) is 10.7 Å². The van der Waals surface area contributed by atoms with Crippen molar-refractivity contribution in [2.45, 2.75) is 37.0 Å². The van der Waals surface area contributed by atoms with Crippen LogP contribution in [0.3, 0.4) is 0 Å². The quantitative estimate of drug-likeness (QED) is 0.704. The van der Waals surface area contributed by atoms with Gasteiger partial charge in [0, 0.05) is 12.6 Å². The van der Waals surface area contributed by atoms with Gasteiger partial charge in [0.15, 0.2) is 11.0 Å². The van der Waals surface area contributed by atoms with E-state index in [-0.39, 0.29) is 24.6 Å². The number of nitrogens with one attached hydrogen (secondary N) is 1. The number of thioether (sulfide) groups is 1. The third-order valence-corrected chi connectivity index (χ3v) is 5.12. The van der Waals surface area contributed by atoms with E-state index in [0.29, 0.717) is 17.0 Å². The number of carboxylic acids is 1. The van der Waals surface area contributed by atoms with Gasteiger partial charge in [-0.2, -0.15) is 0 Å². The average molecular weight is 352 g/mol. The SMILES string of the molecule is O=C(O)CCn1c(SCC(=O)NC2CC2)nnc1-c1cccs1. The van der Waals surface area contributed by atoms with E-state index >= 15 is 0 Å². The minimum Gasteiger partial charge on any atom is -0.481 e. The van der Waals surface area contributed by atoms with E-state index in [1.807, 2.05) is 17.5 Å². The minimum absolute atomic E-state index is 0.0156. The molecule has 2 aromatic rings. The summed E-state index contributed by atoms with van der Waals surface area (Å²) in [5.41, 5.74) is 0. The zero-order chi connectivity index (χ0) is 16.2. The molecule has 1 aliphatic rings. The fraction of sp³-hybridized carbons (Fsp3) is 0.429. The van der Waals surface area contributed by atoms with Crippen molar-refractivity contribution < 1.29 is 14.7 Å². The molecule has 1 fully saturated rings. The molecule has 0 radical (unpaired) electrons. The van der Waals surface area contributed by atoms with Crippen molar-refractivity contribution in [3.63, 3.8) is 0 Å². The number of carboxylic acid groups (broad SMARTS) is 1. The summed E-state index contributed by atoms with van der Waals surface area (Å²) in [6.07, 6.45) is 2.08. The van der Waals surface area contributed by atoms with Crippen LogP contribution in [0.15, 0.2) is 22.7 Å². The summed E-state index contributed by atoms with van der Waals surface area (Å²) in [5, 5.41) is 22.6. The van der Waals surface area contributed by atoms with Gasteiger partial charge in [0.1, 0.15) is 0 Å². The Kier molecular flexibility index (Phi) is 4.97. The zero-order valence-electron chi connectivity index (χ0n) is 12.3. The van der Waals surface area contributed by atoms with Crippen molar-refractivity contribution in [1.29, 1.82) is 0 Å². The molecule has 0 unspecified atom stereocenters. The second kappa shape index (κ2) is 7.14. The van der Waals surface area contributed by atoms with E-state index in [0.717, 1.165) is 17.7 Å². The summed E-state index contributed by atoms with van der Waals surface area (Å²) in [4.78, 5) is 23.6. The van der Waals surface area contributed by atoms with Gasteiger partial charge < -0.3 is 15.0 Å². The van der Waals surface area contributed by atoms with Crippen LogP contribution in [0.2, 0.25) is 0 Å². The van der Waals surface area contributed by atoms with Crippen LogP contribution in [0.4, 0.5) is 0 Å². The van der Waals surface area contributed by atoms with Crippen LogP contribution in [0.1, 0.15) is 19.3 Å². The number of hydrogen-bond donors (Lipinski definition) is 2. The minimum atomic E-state index is -0.877. The number of rotatable bonds is 8. The number of nitrogens with zero attached hydrogens (tertiary/aromatic N) is 3. The first kappa shape index (κ1) is 16.0. The van der Waals surface area contributed by atoms with Crippen LogP contribution >= 0.6 is 23.1 Å². The maximum Gasteiger partial charge on any atom is 0.305 e. The van der Waals surface area contributed by atoms with E-state index in [4.69, 9.17) is 5.11 Å². The van der Waals surface area contributed by atoms with Crippen LogP contribution < -0.4 is 5.32 Å². The highest BCUT2D eigenvalue weighted by atomic mass is 32.2. The topological polar surface area (TPSA) is 97.1 Å². The van der Waals surface area contributed by atoms with Crippen LogP contribution in [0.5, 0.6) is 0 Å².